The summed E-state index contributed by atoms with van der Waals surface area (Å²) in [6.45, 7) is 2.42. The van der Waals surface area contributed by atoms with E-state index in [0.717, 1.165) is 24.1 Å². The van der Waals surface area contributed by atoms with E-state index < -0.39 is 12.1 Å². The van der Waals surface area contributed by atoms with Crippen molar-refractivity contribution in [3.63, 3.8) is 0 Å². The lowest BCUT2D eigenvalue weighted by atomic mass is 10.0. The highest BCUT2D eigenvalue weighted by molar-refractivity contribution is 5.81. The second kappa shape index (κ2) is 8.16. The summed E-state index contributed by atoms with van der Waals surface area (Å²) in [7, 11) is 0. The summed E-state index contributed by atoms with van der Waals surface area (Å²) >= 11 is 0. The monoisotopic (exact) mass is 398 g/mol. The molecule has 1 saturated heterocycles. The molecular weight excluding hydrogens is 375 g/mol. The topological polar surface area (TPSA) is 88.5 Å². The van der Waals surface area contributed by atoms with E-state index >= 15 is 0 Å². The summed E-state index contributed by atoms with van der Waals surface area (Å²) < 4.78 is 20.3. The fourth-order valence-electron chi connectivity index (χ4n) is 3.63. The van der Waals surface area contributed by atoms with Crippen molar-refractivity contribution < 1.29 is 13.9 Å². The van der Waals surface area contributed by atoms with E-state index in [4.69, 9.17) is 4.74 Å². The van der Waals surface area contributed by atoms with Gasteiger partial charge in [0, 0.05) is 30.9 Å². The number of fused-ring (bicyclic) bond motifs is 1. The molecule has 8 heteroatoms. The van der Waals surface area contributed by atoms with Gasteiger partial charge in [0.25, 0.3) is 5.56 Å². The zero-order valence-corrected chi connectivity index (χ0v) is 16.2. The Hall–Kier alpha value is -3.00. The third-order valence-electron chi connectivity index (χ3n) is 5.11. The van der Waals surface area contributed by atoms with Gasteiger partial charge >= 0.3 is 0 Å². The average Bonchev–Trinajstić information content (AvgIpc) is 3.09. The third kappa shape index (κ3) is 4.37. The van der Waals surface area contributed by atoms with Gasteiger partial charge in [-0.1, -0.05) is 12.1 Å². The maximum Gasteiger partial charge on any atom is 0.272 e. The van der Waals surface area contributed by atoms with Crippen LogP contribution in [0.15, 0.2) is 41.2 Å². The van der Waals surface area contributed by atoms with E-state index in [1.54, 1.807) is 18.2 Å². The first-order valence-electron chi connectivity index (χ1n) is 9.75. The quantitative estimate of drug-likeness (QED) is 0.691. The first-order valence-corrected chi connectivity index (χ1v) is 9.75. The number of carbonyl (C=O) groups excluding carboxylic acids is 1. The summed E-state index contributed by atoms with van der Waals surface area (Å²) in [4.78, 5) is 29.6. The number of rotatable bonds is 5. The van der Waals surface area contributed by atoms with Crippen LogP contribution in [0, 0.1) is 12.7 Å². The molecule has 1 amide bonds. The molecule has 2 aromatic heterocycles. The Morgan fingerprint density at radius 3 is 2.86 bits per heavy atom. The first kappa shape index (κ1) is 19.3. The smallest absolute Gasteiger partial charge is 0.272 e. The molecular formula is C21H23FN4O3. The molecule has 0 radical (unpaired) electrons. The van der Waals surface area contributed by atoms with E-state index in [-0.39, 0.29) is 17.3 Å². The van der Waals surface area contributed by atoms with Gasteiger partial charge in [-0.2, -0.15) is 0 Å². The van der Waals surface area contributed by atoms with Crippen molar-refractivity contribution in [3.05, 3.63) is 69.5 Å². The van der Waals surface area contributed by atoms with Gasteiger partial charge in [-0.15, -0.1) is 0 Å². The Morgan fingerprint density at radius 1 is 1.34 bits per heavy atom. The molecule has 3 aromatic rings. The van der Waals surface area contributed by atoms with Crippen LogP contribution in [-0.4, -0.2) is 33.2 Å². The predicted molar refractivity (Wildman–Crippen MR) is 105 cm³/mol. The lowest BCUT2D eigenvalue weighted by Crippen LogP contribution is -2.41. The minimum absolute atomic E-state index is 0.200. The molecule has 7 nitrogen and oxygen atoms in total. The van der Waals surface area contributed by atoms with Crippen LogP contribution in [0.25, 0.3) is 5.65 Å². The Morgan fingerprint density at radius 2 is 2.14 bits per heavy atom. The molecule has 2 atom stereocenters. The molecule has 1 fully saturated rings. The maximum absolute atomic E-state index is 13.4. The number of amides is 1. The van der Waals surface area contributed by atoms with Gasteiger partial charge < -0.3 is 10.1 Å². The Labute approximate surface area is 166 Å². The zero-order chi connectivity index (χ0) is 20.4. The van der Waals surface area contributed by atoms with Crippen LogP contribution in [0.2, 0.25) is 0 Å². The van der Waals surface area contributed by atoms with Crippen molar-refractivity contribution in [2.45, 2.75) is 44.8 Å². The molecule has 1 aliphatic heterocycles. The predicted octanol–water partition coefficient (Wildman–Crippen LogP) is 2.44. The number of benzene rings is 1. The molecule has 0 unspecified atom stereocenters. The van der Waals surface area contributed by atoms with Crippen LogP contribution < -0.4 is 10.9 Å². The molecule has 1 aliphatic rings. The van der Waals surface area contributed by atoms with Crippen molar-refractivity contribution in [2.75, 3.05) is 6.61 Å². The lowest BCUT2D eigenvalue weighted by Gasteiger charge is -2.25. The fraction of sp³-hybridized carbons (Fsp3) is 0.381. The number of aromatic amines is 1. The van der Waals surface area contributed by atoms with Crippen LogP contribution in [0.5, 0.6) is 0 Å². The highest BCUT2D eigenvalue weighted by Gasteiger charge is 2.25. The standard InChI is InChI=1S/C21H23FN4O3/c1-13-10-19-23-16(12-20(27)26(19)25-13)11-17(14-5-7-15(22)8-6-14)24-21(28)18-4-2-3-9-29-18/h5-8,10,12,17-18,25H,2-4,9,11H2,1H3,(H,24,28)/t17-,18-/m0/s1. The molecule has 4 rings (SSSR count). The Balaban J connectivity index is 1.62. The van der Waals surface area contributed by atoms with Crippen molar-refractivity contribution >= 4 is 11.6 Å². The summed E-state index contributed by atoms with van der Waals surface area (Å²) in [5.41, 5.74) is 2.41. The summed E-state index contributed by atoms with van der Waals surface area (Å²) in [5.74, 6) is -0.552. The van der Waals surface area contributed by atoms with Gasteiger partial charge in [0.05, 0.1) is 11.7 Å². The van der Waals surface area contributed by atoms with Crippen molar-refractivity contribution in [1.82, 2.24) is 19.9 Å². The minimum Gasteiger partial charge on any atom is -0.368 e. The van der Waals surface area contributed by atoms with Gasteiger partial charge in [0.2, 0.25) is 5.91 Å². The van der Waals surface area contributed by atoms with Gasteiger partial charge in [0.1, 0.15) is 11.9 Å². The van der Waals surface area contributed by atoms with E-state index in [1.807, 2.05) is 6.92 Å². The molecule has 0 spiro atoms. The lowest BCUT2D eigenvalue weighted by molar-refractivity contribution is -0.136. The average molecular weight is 398 g/mol. The maximum atomic E-state index is 13.4. The van der Waals surface area contributed by atoms with Gasteiger partial charge in [-0.05, 0) is 43.9 Å². The highest BCUT2D eigenvalue weighted by Crippen LogP contribution is 2.20. The van der Waals surface area contributed by atoms with Gasteiger partial charge in [-0.3, -0.25) is 14.7 Å². The van der Waals surface area contributed by atoms with Gasteiger partial charge in [-0.25, -0.2) is 13.9 Å². The Bertz CT molecular complexity index is 1070. The number of nitrogens with zero attached hydrogens (tertiary/aromatic N) is 2. The number of H-pyrrole nitrogens is 1. The van der Waals surface area contributed by atoms with E-state index in [9.17, 15) is 14.0 Å². The molecule has 2 N–H and O–H groups in total. The molecule has 152 valence electrons. The van der Waals surface area contributed by atoms with E-state index in [0.29, 0.717) is 30.8 Å². The SMILES string of the molecule is Cc1cc2nc(C[C@H](NC(=O)[C@@H]3CCCCO3)c3ccc(F)cc3)cc(=O)n2[nH]1. The molecule has 3 heterocycles. The van der Waals surface area contributed by atoms with E-state index in [2.05, 4.69) is 15.4 Å². The second-order valence-corrected chi connectivity index (χ2v) is 7.39. The van der Waals surface area contributed by atoms with Crippen LogP contribution >= 0.6 is 0 Å². The summed E-state index contributed by atoms with van der Waals surface area (Å²) in [5, 5.41) is 5.93. The van der Waals surface area contributed by atoms with Crippen LogP contribution in [0.4, 0.5) is 4.39 Å². The number of hydrogen-bond acceptors (Lipinski definition) is 4. The van der Waals surface area contributed by atoms with Crippen molar-refractivity contribution in [3.8, 4) is 0 Å². The summed E-state index contributed by atoms with van der Waals surface area (Å²) in [6.07, 6.45) is 2.40. The molecule has 0 saturated carbocycles. The fourth-order valence-corrected chi connectivity index (χ4v) is 3.63. The minimum atomic E-state index is -0.486. The number of halogens is 1. The van der Waals surface area contributed by atoms with Crippen LogP contribution in [0.3, 0.4) is 0 Å². The molecule has 29 heavy (non-hydrogen) atoms. The number of nitrogens with one attached hydrogen (secondary N) is 2. The van der Waals surface area contributed by atoms with Crippen LogP contribution in [0.1, 0.15) is 42.3 Å². The largest absolute Gasteiger partial charge is 0.368 e. The molecule has 1 aromatic carbocycles. The third-order valence-corrected chi connectivity index (χ3v) is 5.11. The van der Waals surface area contributed by atoms with Crippen LogP contribution in [-0.2, 0) is 16.0 Å². The summed E-state index contributed by atoms with van der Waals surface area (Å²) in [6, 6.07) is 8.75. The highest BCUT2D eigenvalue weighted by atomic mass is 19.1. The number of aromatic nitrogens is 3. The molecule has 0 bridgehead atoms. The number of aryl methyl sites for hydroxylation is 1. The number of carbonyl (C=O) groups is 1. The zero-order valence-electron chi connectivity index (χ0n) is 16.2. The first-order chi connectivity index (χ1) is 14.0. The second-order valence-electron chi connectivity index (χ2n) is 7.39. The number of hydrogen-bond donors (Lipinski definition) is 2. The Kier molecular flexibility index (Phi) is 5.44. The normalized spacial score (nSPS) is 17.9. The molecule has 0 aliphatic carbocycles. The van der Waals surface area contributed by atoms with Crippen molar-refractivity contribution in [1.29, 1.82) is 0 Å². The van der Waals surface area contributed by atoms with Crippen molar-refractivity contribution in [2.24, 2.45) is 0 Å². The number of ether oxygens (including phenoxy) is 1. The van der Waals surface area contributed by atoms with E-state index in [1.165, 1.54) is 22.7 Å². The van der Waals surface area contributed by atoms with Gasteiger partial charge in [0.15, 0.2) is 5.65 Å².